The van der Waals surface area contributed by atoms with Gasteiger partial charge in [0.1, 0.15) is 0 Å². The summed E-state index contributed by atoms with van der Waals surface area (Å²) in [6.07, 6.45) is 2.90. The van der Waals surface area contributed by atoms with Gasteiger partial charge in [-0.1, -0.05) is 13.8 Å². The Morgan fingerprint density at radius 1 is 1.47 bits per heavy atom. The second kappa shape index (κ2) is 6.06. The van der Waals surface area contributed by atoms with Crippen LogP contribution in [-0.2, 0) is 11.2 Å². The smallest absolute Gasteiger partial charge is 0.241 e. The molecule has 2 rings (SSSR count). The third-order valence-electron chi connectivity index (χ3n) is 3.37. The van der Waals surface area contributed by atoms with Crippen molar-refractivity contribution in [3.05, 3.63) is 23.8 Å². The van der Waals surface area contributed by atoms with Gasteiger partial charge in [-0.2, -0.15) is 0 Å². The zero-order chi connectivity index (χ0) is 13.8. The van der Waals surface area contributed by atoms with Crippen LogP contribution in [0, 0.1) is 5.92 Å². The Hall–Kier alpha value is -1.55. The van der Waals surface area contributed by atoms with E-state index in [9.17, 15) is 4.79 Å². The van der Waals surface area contributed by atoms with E-state index < -0.39 is 6.04 Å². The lowest BCUT2D eigenvalue weighted by Crippen LogP contribution is -2.36. The van der Waals surface area contributed by atoms with Gasteiger partial charge in [0, 0.05) is 17.9 Å². The standard InChI is InChI=1S/C15H23N3O/c1-10(2)8-13(16)15(19)18-12-5-6-14-11(9-12)4-3-7-17-14/h5-6,9-10,13,17H,3-4,7-8,16H2,1-2H3,(H,18,19)/t13-/m0/s1. The van der Waals surface area contributed by atoms with E-state index in [-0.39, 0.29) is 5.91 Å². The third-order valence-corrected chi connectivity index (χ3v) is 3.37. The van der Waals surface area contributed by atoms with Crippen LogP contribution in [-0.4, -0.2) is 18.5 Å². The highest BCUT2D eigenvalue weighted by Gasteiger charge is 2.16. The maximum atomic E-state index is 12.0. The summed E-state index contributed by atoms with van der Waals surface area (Å²) in [7, 11) is 0. The van der Waals surface area contributed by atoms with Crippen LogP contribution >= 0.6 is 0 Å². The minimum Gasteiger partial charge on any atom is -0.385 e. The molecule has 1 heterocycles. The normalized spacial score (nSPS) is 15.6. The molecule has 1 aromatic carbocycles. The third kappa shape index (κ3) is 3.70. The Labute approximate surface area is 114 Å². The summed E-state index contributed by atoms with van der Waals surface area (Å²) in [6.45, 7) is 5.16. The second-order valence-corrected chi connectivity index (χ2v) is 5.63. The molecule has 0 saturated heterocycles. The zero-order valence-corrected chi connectivity index (χ0v) is 11.7. The van der Waals surface area contributed by atoms with E-state index in [0.29, 0.717) is 12.3 Å². The van der Waals surface area contributed by atoms with Crippen LogP contribution in [0.5, 0.6) is 0 Å². The highest BCUT2D eigenvalue weighted by molar-refractivity contribution is 5.95. The van der Waals surface area contributed by atoms with E-state index in [4.69, 9.17) is 5.73 Å². The van der Waals surface area contributed by atoms with Gasteiger partial charge >= 0.3 is 0 Å². The first-order valence-electron chi connectivity index (χ1n) is 6.99. The van der Waals surface area contributed by atoms with Gasteiger partial charge in [-0.25, -0.2) is 0 Å². The molecule has 4 heteroatoms. The number of amides is 1. The van der Waals surface area contributed by atoms with Gasteiger partial charge in [-0.05, 0) is 48.9 Å². The summed E-state index contributed by atoms with van der Waals surface area (Å²) < 4.78 is 0. The average Bonchev–Trinajstić information content (AvgIpc) is 2.37. The van der Waals surface area contributed by atoms with Crippen molar-refractivity contribution < 1.29 is 4.79 Å². The molecular formula is C15H23N3O. The molecule has 1 aliphatic rings. The monoisotopic (exact) mass is 261 g/mol. The number of hydrogen-bond acceptors (Lipinski definition) is 3. The fourth-order valence-corrected chi connectivity index (χ4v) is 2.40. The van der Waals surface area contributed by atoms with E-state index in [1.54, 1.807) is 0 Å². The number of anilines is 2. The predicted octanol–water partition coefficient (Wildman–Crippen LogP) is 2.36. The lowest BCUT2D eigenvalue weighted by atomic mass is 10.0. The first-order chi connectivity index (χ1) is 9.06. The Morgan fingerprint density at radius 2 is 2.26 bits per heavy atom. The molecule has 19 heavy (non-hydrogen) atoms. The number of nitrogens with one attached hydrogen (secondary N) is 2. The lowest BCUT2D eigenvalue weighted by molar-refractivity contribution is -0.117. The van der Waals surface area contributed by atoms with Crippen molar-refractivity contribution in [1.29, 1.82) is 0 Å². The molecule has 0 radical (unpaired) electrons. The minimum atomic E-state index is -0.436. The van der Waals surface area contributed by atoms with Crippen LogP contribution in [0.25, 0.3) is 0 Å². The summed E-state index contributed by atoms with van der Waals surface area (Å²) in [4.78, 5) is 12.0. The number of aryl methyl sites for hydroxylation is 1. The molecule has 1 aliphatic heterocycles. The highest BCUT2D eigenvalue weighted by Crippen LogP contribution is 2.25. The molecule has 0 bridgehead atoms. The maximum Gasteiger partial charge on any atom is 0.241 e. The number of carbonyl (C=O) groups is 1. The molecule has 0 unspecified atom stereocenters. The van der Waals surface area contributed by atoms with Crippen molar-refractivity contribution in [2.24, 2.45) is 11.7 Å². The topological polar surface area (TPSA) is 67.2 Å². The van der Waals surface area contributed by atoms with Crippen molar-refractivity contribution in [3.8, 4) is 0 Å². The van der Waals surface area contributed by atoms with Crippen LogP contribution in [0.2, 0.25) is 0 Å². The number of rotatable bonds is 4. The van der Waals surface area contributed by atoms with Gasteiger partial charge in [-0.15, -0.1) is 0 Å². The number of carbonyl (C=O) groups excluding carboxylic acids is 1. The van der Waals surface area contributed by atoms with Crippen LogP contribution in [0.3, 0.4) is 0 Å². The van der Waals surface area contributed by atoms with Gasteiger partial charge in [0.25, 0.3) is 0 Å². The molecular weight excluding hydrogens is 238 g/mol. The fraction of sp³-hybridized carbons (Fsp3) is 0.533. The first kappa shape index (κ1) is 13.9. The SMILES string of the molecule is CC(C)C[C@H](N)C(=O)Nc1ccc2c(c1)CCCN2. The Bertz CT molecular complexity index is 457. The quantitative estimate of drug-likeness (QED) is 0.779. The molecule has 4 N–H and O–H groups in total. The largest absolute Gasteiger partial charge is 0.385 e. The summed E-state index contributed by atoms with van der Waals surface area (Å²) in [5.41, 5.74) is 9.16. The number of hydrogen-bond donors (Lipinski definition) is 3. The summed E-state index contributed by atoms with van der Waals surface area (Å²) in [5.74, 6) is 0.325. The summed E-state index contributed by atoms with van der Waals surface area (Å²) >= 11 is 0. The summed E-state index contributed by atoms with van der Waals surface area (Å²) in [5, 5.41) is 6.26. The van der Waals surface area contributed by atoms with E-state index in [0.717, 1.165) is 25.1 Å². The molecule has 0 saturated carbocycles. The number of nitrogens with two attached hydrogens (primary N) is 1. The van der Waals surface area contributed by atoms with E-state index >= 15 is 0 Å². The zero-order valence-electron chi connectivity index (χ0n) is 11.7. The number of fused-ring (bicyclic) bond motifs is 1. The van der Waals surface area contributed by atoms with Crippen molar-refractivity contribution in [2.45, 2.75) is 39.2 Å². The van der Waals surface area contributed by atoms with Gasteiger partial charge in [0.15, 0.2) is 0 Å². The predicted molar refractivity (Wildman–Crippen MR) is 79.3 cm³/mol. The molecule has 104 valence electrons. The Morgan fingerprint density at radius 3 is 3.00 bits per heavy atom. The van der Waals surface area contributed by atoms with Crippen LogP contribution in [0.1, 0.15) is 32.3 Å². The molecule has 1 aromatic rings. The molecule has 1 amide bonds. The highest BCUT2D eigenvalue weighted by atomic mass is 16.2. The average molecular weight is 261 g/mol. The van der Waals surface area contributed by atoms with E-state index in [2.05, 4.69) is 24.5 Å². The van der Waals surface area contributed by atoms with Crippen LogP contribution in [0.15, 0.2) is 18.2 Å². The molecule has 0 fully saturated rings. The van der Waals surface area contributed by atoms with Gasteiger partial charge in [-0.3, -0.25) is 4.79 Å². The van der Waals surface area contributed by atoms with E-state index in [1.807, 2.05) is 18.2 Å². The van der Waals surface area contributed by atoms with Crippen LogP contribution < -0.4 is 16.4 Å². The van der Waals surface area contributed by atoms with Gasteiger partial charge in [0.2, 0.25) is 5.91 Å². The summed E-state index contributed by atoms with van der Waals surface area (Å²) in [6, 6.07) is 5.56. The number of benzene rings is 1. The molecule has 1 atom stereocenters. The Kier molecular flexibility index (Phi) is 4.43. The molecule has 0 spiro atoms. The van der Waals surface area contributed by atoms with Gasteiger partial charge in [0.05, 0.1) is 6.04 Å². The van der Waals surface area contributed by atoms with Crippen LogP contribution in [0.4, 0.5) is 11.4 Å². The van der Waals surface area contributed by atoms with E-state index in [1.165, 1.54) is 11.3 Å². The molecule has 4 nitrogen and oxygen atoms in total. The fourth-order valence-electron chi connectivity index (χ4n) is 2.40. The minimum absolute atomic E-state index is 0.0996. The molecule has 0 aliphatic carbocycles. The Balaban J connectivity index is 2.01. The van der Waals surface area contributed by atoms with Crippen molar-refractivity contribution in [2.75, 3.05) is 17.2 Å². The first-order valence-corrected chi connectivity index (χ1v) is 6.99. The van der Waals surface area contributed by atoms with Gasteiger partial charge < -0.3 is 16.4 Å². The maximum absolute atomic E-state index is 12.0. The second-order valence-electron chi connectivity index (χ2n) is 5.63. The van der Waals surface area contributed by atoms with Crippen molar-refractivity contribution >= 4 is 17.3 Å². The van der Waals surface area contributed by atoms with Crippen molar-refractivity contribution in [3.63, 3.8) is 0 Å². The molecule has 0 aromatic heterocycles. The van der Waals surface area contributed by atoms with Crippen molar-refractivity contribution in [1.82, 2.24) is 0 Å². The lowest BCUT2D eigenvalue weighted by Gasteiger charge is -2.19.